The zero-order valence-electron chi connectivity index (χ0n) is 12.5. The molecule has 1 aliphatic heterocycles. The number of piperidine rings is 1. The van der Waals surface area contributed by atoms with Crippen molar-refractivity contribution in [1.82, 2.24) is 4.90 Å². The van der Waals surface area contributed by atoms with Gasteiger partial charge in [0.25, 0.3) is 5.91 Å². The molecule has 0 spiro atoms. The second-order valence-corrected chi connectivity index (χ2v) is 5.84. The van der Waals surface area contributed by atoms with E-state index in [-0.39, 0.29) is 5.91 Å². The van der Waals surface area contributed by atoms with E-state index in [9.17, 15) is 4.79 Å². The predicted molar refractivity (Wildman–Crippen MR) is 87.3 cm³/mol. The molecule has 1 heterocycles. The van der Waals surface area contributed by atoms with Gasteiger partial charge in [-0.05, 0) is 48.6 Å². The Morgan fingerprint density at radius 2 is 1.95 bits per heavy atom. The Hall–Kier alpha value is -2.03. The van der Waals surface area contributed by atoms with Crippen LogP contribution < -0.4 is 5.73 Å². The Bertz CT molecular complexity index is 665. The molecule has 0 bridgehead atoms. The molecular weight excluding hydrogens is 260 g/mol. The van der Waals surface area contributed by atoms with Crippen molar-refractivity contribution in [2.75, 3.05) is 12.3 Å². The van der Waals surface area contributed by atoms with Crippen LogP contribution in [-0.2, 0) is 0 Å². The molecular formula is C18H22N2O. The molecule has 21 heavy (non-hydrogen) atoms. The van der Waals surface area contributed by atoms with Crippen molar-refractivity contribution in [3.63, 3.8) is 0 Å². The average molecular weight is 282 g/mol. The Balaban J connectivity index is 1.98. The van der Waals surface area contributed by atoms with Gasteiger partial charge in [-0.3, -0.25) is 4.79 Å². The number of nitrogens with zero attached hydrogens (tertiary/aromatic N) is 1. The van der Waals surface area contributed by atoms with Crippen LogP contribution in [0, 0.1) is 0 Å². The van der Waals surface area contributed by atoms with Crippen LogP contribution in [0.15, 0.2) is 36.4 Å². The zero-order valence-corrected chi connectivity index (χ0v) is 12.5. The lowest BCUT2D eigenvalue weighted by Gasteiger charge is -2.35. The molecule has 1 atom stereocenters. The minimum absolute atomic E-state index is 0.0878. The zero-order chi connectivity index (χ0) is 14.8. The highest BCUT2D eigenvalue weighted by atomic mass is 16.2. The molecule has 0 saturated carbocycles. The lowest BCUT2D eigenvalue weighted by Crippen LogP contribution is -2.43. The molecule has 0 aromatic heterocycles. The fourth-order valence-corrected chi connectivity index (χ4v) is 3.29. The quantitative estimate of drug-likeness (QED) is 0.851. The standard InChI is InChI=1S/C18H22N2O/c1-2-15-9-5-6-10-20(15)18(21)16-11-13-7-3-4-8-14(13)12-17(16)19/h3-4,7-8,11-12,15H,2,5-6,9-10,19H2,1H3. The first kappa shape index (κ1) is 13.9. The number of carbonyl (C=O) groups excluding carboxylic acids is 1. The van der Waals surface area contributed by atoms with E-state index in [0.717, 1.165) is 36.6 Å². The van der Waals surface area contributed by atoms with Gasteiger partial charge in [-0.2, -0.15) is 0 Å². The van der Waals surface area contributed by atoms with Crippen LogP contribution in [0.4, 0.5) is 5.69 Å². The van der Waals surface area contributed by atoms with Gasteiger partial charge in [0.1, 0.15) is 0 Å². The lowest BCUT2D eigenvalue weighted by atomic mass is 9.97. The third-order valence-corrected chi connectivity index (χ3v) is 4.51. The van der Waals surface area contributed by atoms with Crippen molar-refractivity contribution < 1.29 is 4.79 Å². The summed E-state index contributed by atoms with van der Waals surface area (Å²) in [5.74, 6) is 0.0878. The molecule has 3 rings (SSSR count). The van der Waals surface area contributed by atoms with Crippen molar-refractivity contribution in [1.29, 1.82) is 0 Å². The molecule has 1 amide bonds. The first-order chi connectivity index (χ1) is 10.2. The van der Waals surface area contributed by atoms with E-state index >= 15 is 0 Å². The molecule has 1 saturated heterocycles. The maximum atomic E-state index is 12.9. The highest BCUT2D eigenvalue weighted by Crippen LogP contribution is 2.27. The fraction of sp³-hybridized carbons (Fsp3) is 0.389. The predicted octanol–water partition coefficient (Wildman–Crippen LogP) is 3.83. The number of carbonyl (C=O) groups is 1. The van der Waals surface area contributed by atoms with Crippen LogP contribution >= 0.6 is 0 Å². The number of likely N-dealkylation sites (tertiary alicyclic amines) is 1. The van der Waals surface area contributed by atoms with Crippen LogP contribution in [0.1, 0.15) is 43.0 Å². The monoisotopic (exact) mass is 282 g/mol. The van der Waals surface area contributed by atoms with E-state index in [1.807, 2.05) is 41.3 Å². The summed E-state index contributed by atoms with van der Waals surface area (Å²) < 4.78 is 0. The van der Waals surface area contributed by atoms with Gasteiger partial charge >= 0.3 is 0 Å². The topological polar surface area (TPSA) is 46.3 Å². The largest absolute Gasteiger partial charge is 0.398 e. The maximum Gasteiger partial charge on any atom is 0.256 e. The summed E-state index contributed by atoms with van der Waals surface area (Å²) in [7, 11) is 0. The smallest absolute Gasteiger partial charge is 0.256 e. The van der Waals surface area contributed by atoms with Crippen molar-refractivity contribution in [3.8, 4) is 0 Å². The van der Waals surface area contributed by atoms with Gasteiger partial charge in [0, 0.05) is 18.3 Å². The third kappa shape index (κ3) is 2.60. The molecule has 3 heteroatoms. The van der Waals surface area contributed by atoms with E-state index in [2.05, 4.69) is 6.92 Å². The van der Waals surface area contributed by atoms with Gasteiger partial charge in [-0.25, -0.2) is 0 Å². The maximum absolute atomic E-state index is 12.9. The van der Waals surface area contributed by atoms with Gasteiger partial charge in [-0.15, -0.1) is 0 Å². The normalized spacial score (nSPS) is 18.9. The lowest BCUT2D eigenvalue weighted by molar-refractivity contribution is 0.0609. The van der Waals surface area contributed by atoms with Crippen LogP contribution in [-0.4, -0.2) is 23.4 Å². The summed E-state index contributed by atoms with van der Waals surface area (Å²) in [5, 5.41) is 2.15. The molecule has 1 aliphatic rings. The minimum atomic E-state index is 0.0878. The summed E-state index contributed by atoms with van der Waals surface area (Å²) in [6.07, 6.45) is 4.43. The first-order valence-corrected chi connectivity index (χ1v) is 7.80. The summed E-state index contributed by atoms with van der Waals surface area (Å²) in [6, 6.07) is 12.2. The van der Waals surface area contributed by atoms with E-state index in [4.69, 9.17) is 5.73 Å². The summed E-state index contributed by atoms with van der Waals surface area (Å²) in [5.41, 5.74) is 7.36. The summed E-state index contributed by atoms with van der Waals surface area (Å²) in [4.78, 5) is 14.9. The van der Waals surface area contributed by atoms with Gasteiger partial charge < -0.3 is 10.6 Å². The molecule has 110 valence electrons. The number of nitrogens with two attached hydrogens (primary N) is 1. The Labute approximate surface area is 125 Å². The van der Waals surface area contributed by atoms with E-state index < -0.39 is 0 Å². The highest BCUT2D eigenvalue weighted by Gasteiger charge is 2.27. The van der Waals surface area contributed by atoms with Gasteiger partial charge in [0.05, 0.1) is 5.56 Å². The van der Waals surface area contributed by atoms with Crippen LogP contribution in [0.2, 0.25) is 0 Å². The number of fused-ring (bicyclic) bond motifs is 1. The Morgan fingerprint density at radius 1 is 1.24 bits per heavy atom. The molecule has 3 nitrogen and oxygen atoms in total. The van der Waals surface area contributed by atoms with E-state index in [1.54, 1.807) is 0 Å². The van der Waals surface area contributed by atoms with Crippen molar-refractivity contribution in [2.24, 2.45) is 0 Å². The average Bonchev–Trinajstić information content (AvgIpc) is 2.53. The number of benzene rings is 2. The van der Waals surface area contributed by atoms with Crippen molar-refractivity contribution >= 4 is 22.4 Å². The van der Waals surface area contributed by atoms with E-state index in [1.165, 1.54) is 6.42 Å². The van der Waals surface area contributed by atoms with Crippen LogP contribution in [0.25, 0.3) is 10.8 Å². The summed E-state index contributed by atoms with van der Waals surface area (Å²) >= 11 is 0. The molecule has 2 N–H and O–H groups in total. The van der Waals surface area contributed by atoms with E-state index in [0.29, 0.717) is 17.3 Å². The number of amides is 1. The molecule has 2 aromatic carbocycles. The molecule has 2 aromatic rings. The number of rotatable bonds is 2. The second-order valence-electron chi connectivity index (χ2n) is 5.84. The van der Waals surface area contributed by atoms with Gasteiger partial charge in [0.15, 0.2) is 0 Å². The Morgan fingerprint density at radius 3 is 2.67 bits per heavy atom. The fourth-order valence-electron chi connectivity index (χ4n) is 3.29. The molecule has 0 aliphatic carbocycles. The number of nitrogen functional groups attached to an aromatic ring is 1. The summed E-state index contributed by atoms with van der Waals surface area (Å²) in [6.45, 7) is 3.00. The van der Waals surface area contributed by atoms with Crippen LogP contribution in [0.5, 0.6) is 0 Å². The van der Waals surface area contributed by atoms with Crippen molar-refractivity contribution in [2.45, 2.75) is 38.6 Å². The molecule has 1 unspecified atom stereocenters. The second kappa shape index (κ2) is 5.76. The molecule has 1 fully saturated rings. The van der Waals surface area contributed by atoms with Crippen LogP contribution in [0.3, 0.4) is 0 Å². The highest BCUT2D eigenvalue weighted by molar-refractivity contribution is 6.04. The minimum Gasteiger partial charge on any atom is -0.398 e. The number of hydrogen-bond donors (Lipinski definition) is 1. The van der Waals surface area contributed by atoms with Crippen molar-refractivity contribution in [3.05, 3.63) is 42.0 Å². The SMILES string of the molecule is CCC1CCCCN1C(=O)c1cc2ccccc2cc1N. The first-order valence-electron chi connectivity index (χ1n) is 7.80. The number of hydrogen-bond acceptors (Lipinski definition) is 2. The van der Waals surface area contributed by atoms with Gasteiger partial charge in [0.2, 0.25) is 0 Å². The third-order valence-electron chi connectivity index (χ3n) is 4.51. The van der Waals surface area contributed by atoms with Gasteiger partial charge in [-0.1, -0.05) is 31.2 Å². The Kier molecular flexibility index (Phi) is 3.82. The molecule has 0 radical (unpaired) electrons. The number of anilines is 1.